The third-order valence-corrected chi connectivity index (χ3v) is 6.49. The summed E-state index contributed by atoms with van der Waals surface area (Å²) in [6.07, 6.45) is 1.10. The molecular formula is C16H26O4. The molecule has 2 saturated carbocycles. The van der Waals surface area contributed by atoms with Crippen molar-refractivity contribution in [1.29, 1.82) is 0 Å². The number of hydrogen-bond donors (Lipinski definition) is 2. The van der Waals surface area contributed by atoms with Crippen LogP contribution in [0.5, 0.6) is 0 Å². The van der Waals surface area contributed by atoms with Gasteiger partial charge in [-0.15, -0.1) is 0 Å². The van der Waals surface area contributed by atoms with Crippen molar-refractivity contribution >= 4 is 0 Å². The Balaban J connectivity index is 2.03. The highest BCUT2D eigenvalue weighted by molar-refractivity contribution is 5.27. The summed E-state index contributed by atoms with van der Waals surface area (Å²) in [5.74, 6) is 0.559. The van der Waals surface area contributed by atoms with Crippen LogP contribution in [0.15, 0.2) is 12.2 Å². The zero-order chi connectivity index (χ0) is 14.7. The van der Waals surface area contributed by atoms with Crippen LogP contribution >= 0.6 is 0 Å². The molecule has 4 heteroatoms. The fourth-order valence-electron chi connectivity index (χ4n) is 5.08. The highest BCUT2D eigenvalue weighted by atomic mass is 16.7. The Bertz CT molecular complexity index is 423. The minimum absolute atomic E-state index is 0.202. The smallest absolute Gasteiger partial charge is 0.169 e. The molecule has 0 aromatic carbocycles. The van der Waals surface area contributed by atoms with Crippen molar-refractivity contribution in [1.82, 2.24) is 0 Å². The van der Waals surface area contributed by atoms with E-state index in [1.54, 1.807) is 7.11 Å². The molecule has 1 saturated heterocycles. The molecule has 3 aliphatic rings. The Labute approximate surface area is 120 Å². The summed E-state index contributed by atoms with van der Waals surface area (Å²) in [5.41, 5.74) is 0.230. The lowest BCUT2D eigenvalue weighted by molar-refractivity contribution is -0.175. The molecule has 0 radical (unpaired) electrons. The van der Waals surface area contributed by atoms with Crippen LogP contribution in [0.1, 0.15) is 33.1 Å². The van der Waals surface area contributed by atoms with Crippen LogP contribution in [0.2, 0.25) is 0 Å². The zero-order valence-corrected chi connectivity index (χ0v) is 12.6. The summed E-state index contributed by atoms with van der Waals surface area (Å²) in [6, 6.07) is 0. The molecule has 1 spiro atoms. The molecule has 114 valence electrons. The van der Waals surface area contributed by atoms with Crippen molar-refractivity contribution in [3.63, 3.8) is 0 Å². The van der Waals surface area contributed by atoms with Crippen molar-refractivity contribution < 1.29 is 19.7 Å². The van der Waals surface area contributed by atoms with Crippen molar-refractivity contribution in [2.45, 2.75) is 51.6 Å². The lowest BCUT2D eigenvalue weighted by atomic mass is 9.61. The Morgan fingerprint density at radius 1 is 1.35 bits per heavy atom. The summed E-state index contributed by atoms with van der Waals surface area (Å²) < 4.78 is 11.2. The molecule has 1 heterocycles. The summed E-state index contributed by atoms with van der Waals surface area (Å²) >= 11 is 0. The average molecular weight is 282 g/mol. The first-order valence-electron chi connectivity index (χ1n) is 7.56. The van der Waals surface area contributed by atoms with Gasteiger partial charge in [0, 0.05) is 12.5 Å². The third kappa shape index (κ3) is 1.56. The minimum atomic E-state index is -0.526. The number of methoxy groups -OCH3 is 1. The highest BCUT2D eigenvalue weighted by Gasteiger charge is 2.68. The minimum Gasteiger partial charge on any atom is -0.393 e. The van der Waals surface area contributed by atoms with E-state index in [2.05, 4.69) is 20.4 Å². The maximum atomic E-state index is 11.2. The highest BCUT2D eigenvalue weighted by Crippen LogP contribution is 2.66. The predicted molar refractivity (Wildman–Crippen MR) is 74.9 cm³/mol. The van der Waals surface area contributed by atoms with Crippen molar-refractivity contribution in [3.8, 4) is 0 Å². The molecule has 20 heavy (non-hydrogen) atoms. The molecule has 0 aromatic rings. The predicted octanol–water partition coefficient (Wildman–Crippen LogP) is 1.71. The van der Waals surface area contributed by atoms with Crippen molar-refractivity contribution in [2.24, 2.45) is 22.7 Å². The van der Waals surface area contributed by atoms with Gasteiger partial charge in [0.15, 0.2) is 6.29 Å². The number of rotatable bonds is 1. The summed E-state index contributed by atoms with van der Waals surface area (Å²) in [4.78, 5) is 0. The Hall–Kier alpha value is -0.420. The third-order valence-electron chi connectivity index (χ3n) is 6.49. The molecule has 0 aromatic heterocycles. The monoisotopic (exact) mass is 282 g/mol. The molecule has 0 unspecified atom stereocenters. The van der Waals surface area contributed by atoms with Gasteiger partial charge >= 0.3 is 0 Å². The maximum Gasteiger partial charge on any atom is 0.169 e. The van der Waals surface area contributed by atoms with Crippen molar-refractivity contribution in [3.05, 3.63) is 12.2 Å². The fourth-order valence-corrected chi connectivity index (χ4v) is 5.08. The fraction of sp³-hybridized carbons (Fsp3) is 0.875. The first-order chi connectivity index (χ1) is 9.37. The molecule has 0 amide bonds. The lowest BCUT2D eigenvalue weighted by Crippen LogP contribution is -2.50. The Kier molecular flexibility index (Phi) is 3.29. The molecule has 2 N–H and O–H groups in total. The van der Waals surface area contributed by atoms with Gasteiger partial charge in [0.25, 0.3) is 0 Å². The topological polar surface area (TPSA) is 58.9 Å². The zero-order valence-electron chi connectivity index (χ0n) is 12.6. The van der Waals surface area contributed by atoms with E-state index in [1.807, 2.05) is 0 Å². The molecular weight excluding hydrogens is 256 g/mol. The first-order valence-corrected chi connectivity index (χ1v) is 7.56. The summed E-state index contributed by atoms with van der Waals surface area (Å²) in [5, 5.41) is 21.2. The lowest BCUT2D eigenvalue weighted by Gasteiger charge is -2.47. The van der Waals surface area contributed by atoms with E-state index < -0.39 is 17.8 Å². The van der Waals surface area contributed by atoms with E-state index in [4.69, 9.17) is 9.47 Å². The molecule has 7 atom stereocenters. The van der Waals surface area contributed by atoms with E-state index in [0.717, 1.165) is 24.8 Å². The van der Waals surface area contributed by atoms with E-state index >= 15 is 0 Å². The van der Waals surface area contributed by atoms with E-state index in [0.29, 0.717) is 6.61 Å². The van der Waals surface area contributed by atoms with Gasteiger partial charge in [0.05, 0.1) is 24.2 Å². The largest absolute Gasteiger partial charge is 0.393 e. The van der Waals surface area contributed by atoms with Crippen LogP contribution in [0.25, 0.3) is 0 Å². The van der Waals surface area contributed by atoms with Gasteiger partial charge in [0.2, 0.25) is 0 Å². The molecule has 3 fully saturated rings. The van der Waals surface area contributed by atoms with Crippen LogP contribution < -0.4 is 0 Å². The standard InChI is InChI=1S/C16H26O4/c1-9-5-12(17)6-11-7-16(13(18)15(9,11)3)10(2)8-20-14(16)19-4/h9,11-14,17-18H,2,5-8H2,1,3-4H3/t9-,11+,12+,13-,14+,15+,16-/m1/s1. The van der Waals surface area contributed by atoms with Crippen LogP contribution in [0.4, 0.5) is 0 Å². The van der Waals surface area contributed by atoms with Crippen LogP contribution in [0.3, 0.4) is 0 Å². The Morgan fingerprint density at radius 3 is 2.70 bits per heavy atom. The molecule has 1 aliphatic heterocycles. The van der Waals surface area contributed by atoms with E-state index in [9.17, 15) is 10.2 Å². The molecule has 3 rings (SSSR count). The number of aliphatic hydroxyl groups excluding tert-OH is 2. The first kappa shape index (κ1) is 14.5. The van der Waals surface area contributed by atoms with Gasteiger partial charge in [-0.1, -0.05) is 20.4 Å². The van der Waals surface area contributed by atoms with Crippen LogP contribution in [0, 0.1) is 22.7 Å². The van der Waals surface area contributed by atoms with Gasteiger partial charge in [-0.25, -0.2) is 0 Å². The SMILES string of the molecule is C=C1CO[C@H](OC)[C@]12C[C@@H]1C[C@@H](O)C[C@@H](C)[C@]1(C)[C@H]2O. The van der Waals surface area contributed by atoms with Crippen LogP contribution in [-0.2, 0) is 9.47 Å². The van der Waals surface area contributed by atoms with Crippen molar-refractivity contribution in [2.75, 3.05) is 13.7 Å². The van der Waals surface area contributed by atoms with Gasteiger partial charge in [0.1, 0.15) is 0 Å². The summed E-state index contributed by atoms with van der Waals surface area (Å²) in [7, 11) is 1.63. The molecule has 2 aliphatic carbocycles. The van der Waals surface area contributed by atoms with Gasteiger partial charge < -0.3 is 19.7 Å². The van der Waals surface area contributed by atoms with Crippen LogP contribution in [-0.4, -0.2) is 42.4 Å². The van der Waals surface area contributed by atoms with E-state index in [1.165, 1.54) is 0 Å². The number of hydrogen-bond acceptors (Lipinski definition) is 4. The molecule has 4 nitrogen and oxygen atoms in total. The maximum absolute atomic E-state index is 11.2. The normalized spacial score (nSPS) is 55.5. The Morgan fingerprint density at radius 2 is 2.05 bits per heavy atom. The van der Waals surface area contributed by atoms with Gasteiger partial charge in [-0.3, -0.25) is 0 Å². The van der Waals surface area contributed by atoms with Gasteiger partial charge in [-0.05, 0) is 36.7 Å². The average Bonchev–Trinajstić information content (AvgIpc) is 2.82. The van der Waals surface area contributed by atoms with E-state index in [-0.39, 0.29) is 23.4 Å². The summed E-state index contributed by atoms with van der Waals surface area (Å²) in [6.45, 7) is 8.89. The second-order valence-electron chi connectivity index (χ2n) is 7.22. The second-order valence-corrected chi connectivity index (χ2v) is 7.22. The van der Waals surface area contributed by atoms with Gasteiger partial charge in [-0.2, -0.15) is 0 Å². The second kappa shape index (κ2) is 4.54. The molecule has 0 bridgehead atoms. The number of fused-ring (bicyclic) bond motifs is 1. The quantitative estimate of drug-likeness (QED) is 0.719. The number of aliphatic hydroxyl groups is 2. The number of ether oxygens (including phenoxy) is 2.